The summed E-state index contributed by atoms with van der Waals surface area (Å²) in [5.41, 5.74) is 1.90. The van der Waals surface area contributed by atoms with Gasteiger partial charge in [-0.25, -0.2) is 4.79 Å². The largest absolute Gasteiger partial charge is 0.496 e. The third kappa shape index (κ3) is 2.25. The molecule has 0 saturated heterocycles. The predicted molar refractivity (Wildman–Crippen MR) is 63.2 cm³/mol. The van der Waals surface area contributed by atoms with Crippen molar-refractivity contribution in [3.8, 4) is 16.9 Å². The van der Waals surface area contributed by atoms with Gasteiger partial charge in [0.1, 0.15) is 11.3 Å². The van der Waals surface area contributed by atoms with Crippen molar-refractivity contribution in [2.45, 2.75) is 0 Å². The summed E-state index contributed by atoms with van der Waals surface area (Å²) in [6.45, 7) is 0. The first kappa shape index (κ1) is 11.1. The molecule has 1 heterocycles. The third-order valence-electron chi connectivity index (χ3n) is 2.44. The van der Waals surface area contributed by atoms with Crippen molar-refractivity contribution < 1.29 is 14.6 Å². The summed E-state index contributed by atoms with van der Waals surface area (Å²) >= 11 is 0. The number of aromatic nitrogens is 1. The van der Waals surface area contributed by atoms with Crippen molar-refractivity contribution >= 4 is 5.97 Å². The van der Waals surface area contributed by atoms with Crippen LogP contribution in [0.25, 0.3) is 11.1 Å². The molecule has 4 heteroatoms. The van der Waals surface area contributed by atoms with Gasteiger partial charge in [0, 0.05) is 12.4 Å². The molecule has 2 rings (SSSR count). The molecule has 1 aromatic carbocycles. The van der Waals surface area contributed by atoms with Crippen LogP contribution in [0.5, 0.6) is 5.75 Å². The summed E-state index contributed by atoms with van der Waals surface area (Å²) in [4.78, 5) is 15.0. The predicted octanol–water partition coefficient (Wildman–Crippen LogP) is 2.46. The van der Waals surface area contributed by atoms with Crippen molar-refractivity contribution in [3.05, 3.63) is 48.3 Å². The topological polar surface area (TPSA) is 59.4 Å². The summed E-state index contributed by atoms with van der Waals surface area (Å²) in [6, 6.07) is 8.72. The number of methoxy groups -OCH3 is 1. The van der Waals surface area contributed by atoms with E-state index in [1.54, 1.807) is 24.5 Å². The number of hydrogen-bond donors (Lipinski definition) is 1. The van der Waals surface area contributed by atoms with Gasteiger partial charge < -0.3 is 9.84 Å². The Morgan fingerprint density at radius 1 is 1.18 bits per heavy atom. The summed E-state index contributed by atoms with van der Waals surface area (Å²) in [5, 5.41) is 9.08. The second kappa shape index (κ2) is 4.65. The second-order valence-electron chi connectivity index (χ2n) is 3.46. The summed E-state index contributed by atoms with van der Waals surface area (Å²) in [6.07, 6.45) is 3.33. The zero-order valence-electron chi connectivity index (χ0n) is 9.25. The van der Waals surface area contributed by atoms with Crippen LogP contribution in [-0.4, -0.2) is 23.2 Å². The molecule has 0 aliphatic heterocycles. The van der Waals surface area contributed by atoms with Crippen molar-refractivity contribution in [2.24, 2.45) is 0 Å². The Labute approximate surface area is 98.5 Å². The second-order valence-corrected chi connectivity index (χ2v) is 3.46. The van der Waals surface area contributed by atoms with Gasteiger partial charge in [0.25, 0.3) is 0 Å². The number of carbonyl (C=O) groups is 1. The van der Waals surface area contributed by atoms with E-state index < -0.39 is 5.97 Å². The Kier molecular flexibility index (Phi) is 3.05. The van der Waals surface area contributed by atoms with E-state index in [0.717, 1.165) is 11.1 Å². The fourth-order valence-electron chi connectivity index (χ4n) is 1.60. The van der Waals surface area contributed by atoms with Crippen molar-refractivity contribution in [1.29, 1.82) is 0 Å². The van der Waals surface area contributed by atoms with E-state index >= 15 is 0 Å². The van der Waals surface area contributed by atoms with Crippen LogP contribution in [0.15, 0.2) is 42.7 Å². The standard InChI is InChI=1S/C13H11NO3/c1-17-12-3-2-10(8-11(12)13(15)16)9-4-6-14-7-5-9/h2-8H,1H3,(H,15,16). The van der Waals surface area contributed by atoms with Crippen molar-refractivity contribution in [1.82, 2.24) is 4.98 Å². The first-order valence-corrected chi connectivity index (χ1v) is 5.04. The zero-order chi connectivity index (χ0) is 12.3. The van der Waals surface area contributed by atoms with Gasteiger partial charge >= 0.3 is 5.97 Å². The van der Waals surface area contributed by atoms with Gasteiger partial charge in [-0.05, 0) is 35.4 Å². The minimum Gasteiger partial charge on any atom is -0.496 e. The fourth-order valence-corrected chi connectivity index (χ4v) is 1.60. The molecule has 1 aromatic heterocycles. The number of aromatic carboxylic acids is 1. The number of benzene rings is 1. The molecule has 0 amide bonds. The maximum atomic E-state index is 11.1. The maximum Gasteiger partial charge on any atom is 0.339 e. The lowest BCUT2D eigenvalue weighted by molar-refractivity contribution is 0.0693. The highest BCUT2D eigenvalue weighted by atomic mass is 16.5. The smallest absolute Gasteiger partial charge is 0.339 e. The Balaban J connectivity index is 2.51. The molecule has 0 fully saturated rings. The van der Waals surface area contributed by atoms with E-state index in [1.807, 2.05) is 18.2 Å². The molecule has 17 heavy (non-hydrogen) atoms. The number of carboxylic acid groups (broad SMARTS) is 1. The fraction of sp³-hybridized carbons (Fsp3) is 0.0769. The highest BCUT2D eigenvalue weighted by molar-refractivity contribution is 5.92. The average Bonchev–Trinajstić information content (AvgIpc) is 2.39. The molecule has 0 aliphatic rings. The highest BCUT2D eigenvalue weighted by Gasteiger charge is 2.11. The van der Waals surface area contributed by atoms with Crippen LogP contribution in [-0.2, 0) is 0 Å². The van der Waals surface area contributed by atoms with Crippen LogP contribution in [0.1, 0.15) is 10.4 Å². The maximum absolute atomic E-state index is 11.1. The van der Waals surface area contributed by atoms with Crippen LogP contribution in [0.2, 0.25) is 0 Å². The van der Waals surface area contributed by atoms with Crippen molar-refractivity contribution in [2.75, 3.05) is 7.11 Å². The first-order valence-electron chi connectivity index (χ1n) is 5.04. The molecule has 86 valence electrons. The lowest BCUT2D eigenvalue weighted by Gasteiger charge is -2.07. The molecular weight excluding hydrogens is 218 g/mol. The molecule has 0 saturated carbocycles. The first-order chi connectivity index (χ1) is 8.22. The van der Waals surface area contributed by atoms with Crippen LogP contribution < -0.4 is 4.74 Å². The normalized spacial score (nSPS) is 9.94. The van der Waals surface area contributed by atoms with Gasteiger partial charge in [0.05, 0.1) is 7.11 Å². The van der Waals surface area contributed by atoms with E-state index in [0.29, 0.717) is 5.75 Å². The quantitative estimate of drug-likeness (QED) is 0.878. The van der Waals surface area contributed by atoms with E-state index in [2.05, 4.69) is 4.98 Å². The molecule has 0 aliphatic carbocycles. The number of hydrogen-bond acceptors (Lipinski definition) is 3. The minimum atomic E-state index is -1.00. The minimum absolute atomic E-state index is 0.154. The van der Waals surface area contributed by atoms with Crippen LogP contribution in [0.3, 0.4) is 0 Å². The number of ether oxygens (including phenoxy) is 1. The Hall–Kier alpha value is -2.36. The highest BCUT2D eigenvalue weighted by Crippen LogP contribution is 2.26. The Bertz CT molecular complexity index is 538. The van der Waals surface area contributed by atoms with E-state index in [-0.39, 0.29) is 5.56 Å². The third-order valence-corrected chi connectivity index (χ3v) is 2.44. The molecule has 0 bridgehead atoms. The molecular formula is C13H11NO3. The zero-order valence-corrected chi connectivity index (χ0v) is 9.25. The SMILES string of the molecule is COc1ccc(-c2ccncc2)cc1C(=O)O. The molecule has 2 aromatic rings. The van der Waals surface area contributed by atoms with Gasteiger partial charge in [0.15, 0.2) is 0 Å². The number of rotatable bonds is 3. The van der Waals surface area contributed by atoms with E-state index in [9.17, 15) is 4.79 Å². The van der Waals surface area contributed by atoms with Gasteiger partial charge in [-0.3, -0.25) is 4.98 Å². The number of pyridine rings is 1. The molecule has 0 spiro atoms. The van der Waals surface area contributed by atoms with E-state index in [1.165, 1.54) is 7.11 Å². The molecule has 1 N–H and O–H groups in total. The average molecular weight is 229 g/mol. The van der Waals surface area contributed by atoms with Crippen LogP contribution in [0, 0.1) is 0 Å². The van der Waals surface area contributed by atoms with Crippen LogP contribution in [0.4, 0.5) is 0 Å². The molecule has 0 atom stereocenters. The van der Waals surface area contributed by atoms with Crippen LogP contribution >= 0.6 is 0 Å². The Morgan fingerprint density at radius 3 is 2.47 bits per heavy atom. The summed E-state index contributed by atoms with van der Waals surface area (Å²) in [5.74, 6) is -0.645. The monoisotopic (exact) mass is 229 g/mol. The lowest BCUT2D eigenvalue weighted by atomic mass is 10.0. The number of nitrogens with zero attached hydrogens (tertiary/aromatic N) is 1. The van der Waals surface area contributed by atoms with E-state index in [4.69, 9.17) is 9.84 Å². The van der Waals surface area contributed by atoms with Gasteiger partial charge in [-0.2, -0.15) is 0 Å². The Morgan fingerprint density at radius 2 is 1.88 bits per heavy atom. The summed E-state index contributed by atoms with van der Waals surface area (Å²) in [7, 11) is 1.45. The lowest BCUT2D eigenvalue weighted by Crippen LogP contribution is -2.00. The van der Waals surface area contributed by atoms with Gasteiger partial charge in [-0.15, -0.1) is 0 Å². The van der Waals surface area contributed by atoms with Crippen molar-refractivity contribution in [3.63, 3.8) is 0 Å². The van der Waals surface area contributed by atoms with Gasteiger partial charge in [0.2, 0.25) is 0 Å². The molecule has 0 radical (unpaired) electrons. The molecule has 4 nitrogen and oxygen atoms in total. The summed E-state index contributed by atoms with van der Waals surface area (Å²) < 4.78 is 5.00. The molecule has 0 unspecified atom stereocenters. The van der Waals surface area contributed by atoms with Gasteiger partial charge in [-0.1, -0.05) is 6.07 Å². The number of carboxylic acids is 1.